The number of unbranched alkanes of at least 4 members (excludes halogenated alkanes) is 8. The Morgan fingerprint density at radius 1 is 1.00 bits per heavy atom. The minimum atomic E-state index is -0.984. The summed E-state index contributed by atoms with van der Waals surface area (Å²) in [5.74, 6) is -1.01. The maximum atomic E-state index is 12.0. The normalized spacial score (nSPS) is 12.0. The van der Waals surface area contributed by atoms with Gasteiger partial charge in [0.25, 0.3) is 0 Å². The Labute approximate surface area is 195 Å². The van der Waals surface area contributed by atoms with Crippen molar-refractivity contribution in [2.45, 2.75) is 77.2 Å². The molecule has 25 heavy (non-hydrogen) atoms. The Kier molecular flexibility index (Phi) is 21.6. The fraction of sp³-hybridized carbons (Fsp3) is 0.889. The zero-order chi connectivity index (χ0) is 18.2. The summed E-state index contributed by atoms with van der Waals surface area (Å²) in [4.78, 5) is 24.3. The standard InChI is InChI=1S/C18H36N2O4.K.H/c1-2-3-4-5-6-7-8-9-10-11-17(22)16(19)14-20(12-13-21)15-18(23)24;;/h16,21H,2-15,19H2,1H3,(H,23,24);;. The fourth-order valence-electron chi connectivity index (χ4n) is 2.74. The van der Waals surface area contributed by atoms with Crippen molar-refractivity contribution in [3.05, 3.63) is 0 Å². The summed E-state index contributed by atoms with van der Waals surface area (Å²) in [6.45, 7) is 2.26. The Morgan fingerprint density at radius 3 is 2.00 bits per heavy atom. The van der Waals surface area contributed by atoms with Crippen molar-refractivity contribution in [2.75, 3.05) is 26.2 Å². The van der Waals surface area contributed by atoms with E-state index in [1.165, 1.54) is 43.4 Å². The second-order valence-electron chi connectivity index (χ2n) is 6.50. The van der Waals surface area contributed by atoms with E-state index in [0.717, 1.165) is 19.3 Å². The average molecular weight is 385 g/mol. The number of Topliss-reactive ketones (excluding diaryl/α,β-unsaturated/α-hetero) is 1. The van der Waals surface area contributed by atoms with E-state index >= 15 is 0 Å². The zero-order valence-corrected chi connectivity index (χ0v) is 15.2. The van der Waals surface area contributed by atoms with Gasteiger partial charge < -0.3 is 15.9 Å². The van der Waals surface area contributed by atoms with Crippen LogP contribution in [-0.4, -0.2) is 111 Å². The summed E-state index contributed by atoms with van der Waals surface area (Å²) >= 11 is 0. The van der Waals surface area contributed by atoms with E-state index in [0.29, 0.717) is 6.42 Å². The van der Waals surface area contributed by atoms with Crippen molar-refractivity contribution in [1.82, 2.24) is 4.90 Å². The first-order chi connectivity index (χ1) is 11.5. The molecule has 4 N–H and O–H groups in total. The molecule has 0 bridgehead atoms. The molecule has 0 aliphatic rings. The predicted octanol–water partition coefficient (Wildman–Crippen LogP) is 1.53. The molecule has 1 unspecified atom stereocenters. The van der Waals surface area contributed by atoms with Crippen LogP contribution in [0.15, 0.2) is 0 Å². The van der Waals surface area contributed by atoms with Gasteiger partial charge in [-0.1, -0.05) is 58.3 Å². The van der Waals surface area contributed by atoms with E-state index < -0.39 is 12.0 Å². The number of carbonyl (C=O) groups excluding carboxylic acids is 1. The van der Waals surface area contributed by atoms with Gasteiger partial charge in [0.15, 0.2) is 5.78 Å². The van der Waals surface area contributed by atoms with Crippen molar-refractivity contribution < 1.29 is 19.8 Å². The molecule has 0 aliphatic carbocycles. The van der Waals surface area contributed by atoms with Crippen molar-refractivity contribution >= 4 is 63.1 Å². The molecule has 0 radical (unpaired) electrons. The zero-order valence-electron chi connectivity index (χ0n) is 15.2. The van der Waals surface area contributed by atoms with Gasteiger partial charge in [0.2, 0.25) is 0 Å². The van der Waals surface area contributed by atoms with E-state index in [1.54, 1.807) is 0 Å². The van der Waals surface area contributed by atoms with Crippen LogP contribution >= 0.6 is 0 Å². The Hall–Kier alpha value is 0.656. The second kappa shape index (κ2) is 19.4. The first-order valence-electron chi connectivity index (χ1n) is 9.34. The number of carboxylic acids is 1. The molecule has 0 fully saturated rings. The van der Waals surface area contributed by atoms with Gasteiger partial charge in [0, 0.05) is 19.5 Å². The number of carbonyl (C=O) groups is 2. The number of aliphatic carboxylic acids is 1. The molecule has 0 aromatic rings. The Morgan fingerprint density at radius 2 is 1.52 bits per heavy atom. The molecule has 0 saturated carbocycles. The number of hydrogen-bond acceptors (Lipinski definition) is 5. The predicted molar refractivity (Wildman–Crippen MR) is 103 cm³/mol. The second-order valence-corrected chi connectivity index (χ2v) is 6.50. The maximum absolute atomic E-state index is 12.0. The Balaban J connectivity index is 0. The molecule has 1 atom stereocenters. The van der Waals surface area contributed by atoms with E-state index in [1.807, 2.05) is 0 Å². The molecule has 144 valence electrons. The third kappa shape index (κ3) is 17.8. The molecule has 0 amide bonds. The molecule has 6 nitrogen and oxygen atoms in total. The van der Waals surface area contributed by atoms with Crippen LogP contribution in [0.2, 0.25) is 0 Å². The van der Waals surface area contributed by atoms with Crippen LogP contribution in [-0.2, 0) is 9.59 Å². The summed E-state index contributed by atoms with van der Waals surface area (Å²) in [5, 5.41) is 17.7. The molecule has 0 aromatic heterocycles. The summed E-state index contributed by atoms with van der Waals surface area (Å²) in [6.07, 6.45) is 11.2. The third-order valence-corrected chi connectivity index (χ3v) is 4.17. The number of ketones is 1. The SMILES string of the molecule is CCCCCCCCCCCC(=O)C(N)CN(CCO)CC(=O)O.[KH]. The van der Waals surface area contributed by atoms with Gasteiger partial charge in [-0.05, 0) is 6.42 Å². The Bertz CT molecular complexity index is 343. The van der Waals surface area contributed by atoms with Crippen LogP contribution in [0.5, 0.6) is 0 Å². The quantitative estimate of drug-likeness (QED) is 0.260. The van der Waals surface area contributed by atoms with Crippen LogP contribution in [0.1, 0.15) is 71.1 Å². The summed E-state index contributed by atoms with van der Waals surface area (Å²) in [5.41, 5.74) is 5.87. The number of rotatable bonds is 17. The number of aliphatic hydroxyl groups excluding tert-OH is 1. The van der Waals surface area contributed by atoms with Crippen LogP contribution in [0.4, 0.5) is 0 Å². The van der Waals surface area contributed by atoms with Crippen LogP contribution < -0.4 is 5.73 Å². The number of carboxylic acid groups (broad SMARTS) is 1. The van der Waals surface area contributed by atoms with Gasteiger partial charge in [-0.3, -0.25) is 14.5 Å². The molecular formula is C18H37KN2O4. The average Bonchev–Trinajstić information content (AvgIpc) is 2.52. The first kappa shape index (κ1) is 27.9. The number of nitrogens with zero attached hydrogens (tertiary/aromatic N) is 1. The number of nitrogens with two attached hydrogens (primary N) is 1. The van der Waals surface area contributed by atoms with Crippen molar-refractivity contribution in [3.63, 3.8) is 0 Å². The summed E-state index contributed by atoms with van der Waals surface area (Å²) in [6, 6.07) is -0.676. The molecular weight excluding hydrogens is 347 g/mol. The van der Waals surface area contributed by atoms with Gasteiger partial charge in [0.1, 0.15) is 0 Å². The van der Waals surface area contributed by atoms with Gasteiger partial charge in [-0.2, -0.15) is 0 Å². The topological polar surface area (TPSA) is 104 Å². The van der Waals surface area contributed by atoms with Crippen LogP contribution in [0.25, 0.3) is 0 Å². The van der Waals surface area contributed by atoms with E-state index in [9.17, 15) is 9.59 Å². The first-order valence-corrected chi connectivity index (χ1v) is 9.34. The van der Waals surface area contributed by atoms with Crippen LogP contribution in [0, 0.1) is 0 Å². The van der Waals surface area contributed by atoms with E-state index in [4.69, 9.17) is 15.9 Å². The third-order valence-electron chi connectivity index (χ3n) is 4.17. The summed E-state index contributed by atoms with van der Waals surface area (Å²) < 4.78 is 0. The molecule has 0 spiro atoms. The number of hydrogen-bond donors (Lipinski definition) is 3. The van der Waals surface area contributed by atoms with E-state index in [-0.39, 0.29) is 83.4 Å². The fourth-order valence-corrected chi connectivity index (χ4v) is 2.74. The van der Waals surface area contributed by atoms with Crippen LogP contribution in [0.3, 0.4) is 0 Å². The molecule has 7 heteroatoms. The van der Waals surface area contributed by atoms with Gasteiger partial charge in [-0.15, -0.1) is 0 Å². The summed E-state index contributed by atoms with van der Waals surface area (Å²) in [7, 11) is 0. The monoisotopic (exact) mass is 384 g/mol. The molecule has 0 aromatic carbocycles. The molecule has 0 saturated heterocycles. The van der Waals surface area contributed by atoms with Crippen molar-refractivity contribution in [3.8, 4) is 0 Å². The number of aliphatic hydroxyl groups is 1. The van der Waals surface area contributed by atoms with Gasteiger partial charge >= 0.3 is 57.4 Å². The van der Waals surface area contributed by atoms with Crippen molar-refractivity contribution in [1.29, 1.82) is 0 Å². The van der Waals surface area contributed by atoms with Gasteiger partial charge in [-0.25, -0.2) is 0 Å². The molecule has 0 heterocycles. The van der Waals surface area contributed by atoms with Crippen molar-refractivity contribution in [2.24, 2.45) is 5.73 Å². The molecule has 0 rings (SSSR count). The van der Waals surface area contributed by atoms with E-state index in [2.05, 4.69) is 6.92 Å². The minimum absolute atomic E-state index is 0. The molecule has 0 aliphatic heterocycles. The van der Waals surface area contributed by atoms with Gasteiger partial charge in [0.05, 0.1) is 19.2 Å².